The van der Waals surface area contributed by atoms with E-state index in [-0.39, 0.29) is 10.6 Å². The van der Waals surface area contributed by atoms with Gasteiger partial charge in [0.15, 0.2) is 0 Å². The monoisotopic (exact) mass is 203 g/mol. The predicted octanol–water partition coefficient (Wildman–Crippen LogP) is 2.22. The third-order valence-corrected chi connectivity index (χ3v) is 2.03. The Morgan fingerprint density at radius 1 is 1.70 bits per heavy atom. The first-order chi connectivity index (χ1) is 4.72. The minimum absolute atomic E-state index is 0.280. The number of hydrogen-bond donors (Lipinski definition) is 0. The van der Waals surface area contributed by atoms with Crippen molar-refractivity contribution in [3.8, 4) is 0 Å². The van der Waals surface area contributed by atoms with Gasteiger partial charge in [0.25, 0.3) is 5.70 Å². The van der Waals surface area contributed by atoms with E-state index in [0.717, 1.165) is 6.42 Å². The van der Waals surface area contributed by atoms with Gasteiger partial charge in [0, 0.05) is 6.42 Å². The van der Waals surface area contributed by atoms with Gasteiger partial charge < -0.3 is 0 Å². The molecule has 0 amide bonds. The highest BCUT2D eigenvalue weighted by molar-refractivity contribution is 9.11. The van der Waals surface area contributed by atoms with Gasteiger partial charge in [-0.05, 0) is 28.4 Å². The molecule has 1 rings (SSSR count). The zero-order valence-electron chi connectivity index (χ0n) is 5.21. The van der Waals surface area contributed by atoms with Gasteiger partial charge in [0.05, 0.1) is 9.41 Å². The topological polar surface area (TPSA) is 43.1 Å². The smallest absolute Gasteiger partial charge is 0.259 e. The largest absolute Gasteiger partial charge is 0.260 e. The van der Waals surface area contributed by atoms with Crippen molar-refractivity contribution in [1.29, 1.82) is 0 Å². The Labute approximate surface area is 66.7 Å². The van der Waals surface area contributed by atoms with Crippen molar-refractivity contribution in [3.63, 3.8) is 0 Å². The molecule has 1 aliphatic carbocycles. The molecule has 0 aliphatic heterocycles. The minimum atomic E-state index is -0.340. The molecule has 3 nitrogen and oxygen atoms in total. The Hall–Kier alpha value is -0.640. The third-order valence-electron chi connectivity index (χ3n) is 1.31. The van der Waals surface area contributed by atoms with Crippen molar-refractivity contribution in [1.82, 2.24) is 0 Å². The van der Waals surface area contributed by atoms with E-state index < -0.39 is 0 Å². The van der Waals surface area contributed by atoms with Crippen LogP contribution in [0, 0.1) is 10.1 Å². The summed E-state index contributed by atoms with van der Waals surface area (Å²) in [4.78, 5) is 9.91. The summed E-state index contributed by atoms with van der Waals surface area (Å²) in [6.07, 6.45) is 4.94. The molecule has 54 valence electrons. The second-order valence-corrected chi connectivity index (χ2v) is 2.85. The lowest BCUT2D eigenvalue weighted by Gasteiger charge is -2.01. The summed E-state index contributed by atoms with van der Waals surface area (Å²) >= 11 is 3.11. The van der Waals surface area contributed by atoms with E-state index in [2.05, 4.69) is 15.9 Å². The molecule has 0 aromatic heterocycles. The Morgan fingerprint density at radius 2 is 2.40 bits per heavy atom. The van der Waals surface area contributed by atoms with Crippen LogP contribution in [0.15, 0.2) is 22.3 Å². The van der Waals surface area contributed by atoms with Gasteiger partial charge in [0.2, 0.25) is 0 Å². The van der Waals surface area contributed by atoms with E-state index in [1.807, 2.05) is 6.08 Å². The molecule has 0 aromatic rings. The quantitative estimate of drug-likeness (QED) is 0.485. The van der Waals surface area contributed by atoms with E-state index in [1.165, 1.54) is 0 Å². The fourth-order valence-electron chi connectivity index (χ4n) is 0.801. The molecule has 1 aliphatic rings. The summed E-state index contributed by atoms with van der Waals surface area (Å²) in [7, 11) is 0. The van der Waals surface area contributed by atoms with Gasteiger partial charge in [-0.25, -0.2) is 0 Å². The summed E-state index contributed by atoms with van der Waals surface area (Å²) in [5, 5.41) is 10.2. The molecule has 0 fully saturated rings. The zero-order valence-corrected chi connectivity index (χ0v) is 6.80. The number of allylic oxidation sites excluding steroid dienone is 4. The number of nitrogens with zero attached hydrogens (tertiary/aromatic N) is 1. The van der Waals surface area contributed by atoms with Crippen molar-refractivity contribution >= 4 is 15.9 Å². The molecule has 0 spiro atoms. The van der Waals surface area contributed by atoms with E-state index in [0.29, 0.717) is 10.9 Å². The minimum Gasteiger partial charge on any atom is -0.259 e. The second-order valence-electron chi connectivity index (χ2n) is 1.99. The molecule has 0 heterocycles. The maximum atomic E-state index is 10.2. The second kappa shape index (κ2) is 2.96. The molecular weight excluding hydrogens is 198 g/mol. The summed E-state index contributed by atoms with van der Waals surface area (Å²) in [6, 6.07) is 0. The Bertz CT molecular complexity index is 220. The van der Waals surface area contributed by atoms with E-state index in [9.17, 15) is 10.1 Å². The maximum Gasteiger partial charge on any atom is 0.260 e. The molecule has 0 aromatic carbocycles. The van der Waals surface area contributed by atoms with Crippen LogP contribution in [0.3, 0.4) is 0 Å². The van der Waals surface area contributed by atoms with Gasteiger partial charge in [-0.2, -0.15) is 0 Å². The van der Waals surface area contributed by atoms with Gasteiger partial charge in [-0.1, -0.05) is 6.08 Å². The van der Waals surface area contributed by atoms with Crippen molar-refractivity contribution in [3.05, 3.63) is 32.4 Å². The highest BCUT2D eigenvalue weighted by atomic mass is 79.9. The first-order valence-corrected chi connectivity index (χ1v) is 3.70. The van der Waals surface area contributed by atoms with Crippen molar-refractivity contribution in [2.75, 3.05) is 0 Å². The number of hydrogen-bond acceptors (Lipinski definition) is 2. The predicted molar refractivity (Wildman–Crippen MR) is 41.3 cm³/mol. The van der Waals surface area contributed by atoms with Crippen molar-refractivity contribution in [2.45, 2.75) is 12.8 Å². The normalized spacial score (nSPS) is 17.7. The SMILES string of the molecule is O=[N+]([O-])C1=C(Br)C=CCC1. The molecule has 0 bridgehead atoms. The molecule has 0 atom stereocenters. The van der Waals surface area contributed by atoms with Crippen LogP contribution >= 0.6 is 15.9 Å². The average molecular weight is 204 g/mol. The lowest BCUT2D eigenvalue weighted by molar-refractivity contribution is -0.428. The Morgan fingerprint density at radius 3 is 2.80 bits per heavy atom. The van der Waals surface area contributed by atoms with Gasteiger partial charge in [-0.15, -0.1) is 0 Å². The maximum absolute atomic E-state index is 10.2. The first kappa shape index (κ1) is 7.47. The summed E-state index contributed by atoms with van der Waals surface area (Å²) in [5.41, 5.74) is 0.280. The number of halogens is 1. The van der Waals surface area contributed by atoms with Crippen LogP contribution < -0.4 is 0 Å². The van der Waals surface area contributed by atoms with E-state index in [1.54, 1.807) is 6.08 Å². The van der Waals surface area contributed by atoms with Crippen LogP contribution in [0.4, 0.5) is 0 Å². The molecule has 4 heteroatoms. The molecule has 0 N–H and O–H groups in total. The highest BCUT2D eigenvalue weighted by Crippen LogP contribution is 2.23. The fraction of sp³-hybridized carbons (Fsp3) is 0.333. The van der Waals surface area contributed by atoms with Crippen LogP contribution in [0.1, 0.15) is 12.8 Å². The number of rotatable bonds is 1. The van der Waals surface area contributed by atoms with E-state index >= 15 is 0 Å². The average Bonchev–Trinajstić information content (AvgIpc) is 1.88. The standard InChI is InChI=1S/C6H6BrNO2/c7-5-3-1-2-4-6(5)8(9)10/h1,3H,2,4H2. The molecule has 0 saturated carbocycles. The molecule has 0 radical (unpaired) electrons. The lowest BCUT2D eigenvalue weighted by Crippen LogP contribution is -2.01. The van der Waals surface area contributed by atoms with Crippen LogP contribution in [-0.4, -0.2) is 4.92 Å². The Kier molecular flexibility index (Phi) is 2.21. The van der Waals surface area contributed by atoms with Crippen LogP contribution in [0.5, 0.6) is 0 Å². The highest BCUT2D eigenvalue weighted by Gasteiger charge is 2.16. The van der Waals surface area contributed by atoms with E-state index in [4.69, 9.17) is 0 Å². The van der Waals surface area contributed by atoms with Gasteiger partial charge in [-0.3, -0.25) is 10.1 Å². The van der Waals surface area contributed by atoms with Crippen LogP contribution in [-0.2, 0) is 0 Å². The molecule has 0 saturated heterocycles. The molecule has 0 unspecified atom stereocenters. The first-order valence-electron chi connectivity index (χ1n) is 2.91. The fourth-order valence-corrected chi connectivity index (χ4v) is 1.33. The number of nitro groups is 1. The van der Waals surface area contributed by atoms with Gasteiger partial charge >= 0.3 is 0 Å². The van der Waals surface area contributed by atoms with Gasteiger partial charge in [0.1, 0.15) is 0 Å². The zero-order chi connectivity index (χ0) is 7.56. The van der Waals surface area contributed by atoms with Crippen molar-refractivity contribution in [2.24, 2.45) is 0 Å². The van der Waals surface area contributed by atoms with Crippen LogP contribution in [0.25, 0.3) is 0 Å². The lowest BCUT2D eigenvalue weighted by atomic mass is 10.1. The molecule has 10 heavy (non-hydrogen) atoms. The summed E-state index contributed by atoms with van der Waals surface area (Å²) < 4.78 is 0.601. The summed E-state index contributed by atoms with van der Waals surface area (Å²) in [5.74, 6) is 0. The van der Waals surface area contributed by atoms with Crippen LogP contribution in [0.2, 0.25) is 0 Å². The third kappa shape index (κ3) is 1.44. The van der Waals surface area contributed by atoms with Crippen molar-refractivity contribution < 1.29 is 4.92 Å². The molecular formula is C6H6BrNO2. The summed E-state index contributed by atoms with van der Waals surface area (Å²) in [6.45, 7) is 0. The Balaban J connectivity index is 2.89.